The minimum Gasteiger partial charge on any atom is -0.497 e. The van der Waals surface area contributed by atoms with Gasteiger partial charge in [0.1, 0.15) is 11.5 Å². The Labute approximate surface area is 124 Å². The second-order valence-corrected chi connectivity index (χ2v) is 4.41. The van der Waals surface area contributed by atoms with E-state index >= 15 is 0 Å². The monoisotopic (exact) mass is 283 g/mol. The number of amides is 1. The zero-order valence-corrected chi connectivity index (χ0v) is 12.0. The highest BCUT2D eigenvalue weighted by Crippen LogP contribution is 2.16. The molecular formula is C17H17NO3. The number of carbonyl (C=O) groups is 1. The van der Waals surface area contributed by atoms with Crippen LogP contribution < -0.4 is 14.8 Å². The van der Waals surface area contributed by atoms with E-state index in [4.69, 9.17) is 9.47 Å². The molecule has 0 fully saturated rings. The number of carbonyl (C=O) groups excluding carboxylic acids is 1. The molecule has 2 aromatic carbocycles. The molecule has 1 amide bonds. The van der Waals surface area contributed by atoms with Gasteiger partial charge in [0.05, 0.1) is 13.4 Å². The minimum atomic E-state index is -0.212. The fourth-order valence-corrected chi connectivity index (χ4v) is 1.61. The van der Waals surface area contributed by atoms with Crippen LogP contribution in [-0.2, 0) is 4.79 Å². The van der Waals surface area contributed by atoms with Crippen LogP contribution in [0.4, 0.5) is 5.69 Å². The van der Waals surface area contributed by atoms with Gasteiger partial charge in [-0.15, -0.1) is 0 Å². The SMILES string of the molecule is COc1ccc(NC(=O)/C(C)=C/Oc2ccccc2)cc1. The maximum absolute atomic E-state index is 12.0. The molecule has 4 nitrogen and oxygen atoms in total. The molecule has 0 unspecified atom stereocenters. The summed E-state index contributed by atoms with van der Waals surface area (Å²) in [6, 6.07) is 16.4. The molecule has 0 aliphatic heterocycles. The highest BCUT2D eigenvalue weighted by molar-refractivity contribution is 6.03. The van der Waals surface area contributed by atoms with Crippen molar-refractivity contribution in [2.45, 2.75) is 6.92 Å². The lowest BCUT2D eigenvalue weighted by Gasteiger charge is -2.07. The summed E-state index contributed by atoms with van der Waals surface area (Å²) >= 11 is 0. The predicted octanol–water partition coefficient (Wildman–Crippen LogP) is 3.62. The van der Waals surface area contributed by atoms with Crippen molar-refractivity contribution in [3.8, 4) is 11.5 Å². The Morgan fingerprint density at radius 2 is 1.67 bits per heavy atom. The Morgan fingerprint density at radius 3 is 2.29 bits per heavy atom. The highest BCUT2D eigenvalue weighted by atomic mass is 16.5. The van der Waals surface area contributed by atoms with Gasteiger partial charge < -0.3 is 14.8 Å². The standard InChI is InChI=1S/C17H17NO3/c1-13(12-21-16-6-4-3-5-7-16)17(19)18-14-8-10-15(20-2)11-9-14/h3-12H,1-2H3,(H,18,19)/b13-12+. The first kappa shape index (κ1) is 14.7. The molecular weight excluding hydrogens is 266 g/mol. The Balaban J connectivity index is 1.95. The van der Waals surface area contributed by atoms with Crippen LogP contribution in [-0.4, -0.2) is 13.0 Å². The molecule has 108 valence electrons. The number of hydrogen-bond acceptors (Lipinski definition) is 3. The quantitative estimate of drug-likeness (QED) is 0.673. The van der Waals surface area contributed by atoms with Gasteiger partial charge in [0.25, 0.3) is 5.91 Å². The summed E-state index contributed by atoms with van der Waals surface area (Å²) in [5.41, 5.74) is 1.18. The molecule has 0 aromatic heterocycles. The van der Waals surface area contributed by atoms with Crippen LogP contribution in [0.5, 0.6) is 11.5 Å². The fraction of sp³-hybridized carbons (Fsp3) is 0.118. The van der Waals surface area contributed by atoms with Crippen LogP contribution >= 0.6 is 0 Å². The van der Waals surface area contributed by atoms with E-state index in [-0.39, 0.29) is 5.91 Å². The van der Waals surface area contributed by atoms with Crippen LogP contribution in [0.2, 0.25) is 0 Å². The lowest BCUT2D eigenvalue weighted by Crippen LogP contribution is -2.13. The Bertz CT molecular complexity index is 618. The number of ether oxygens (including phenoxy) is 2. The Kier molecular flexibility index (Phi) is 4.99. The number of anilines is 1. The topological polar surface area (TPSA) is 47.6 Å². The number of para-hydroxylation sites is 1. The molecule has 0 atom stereocenters. The first-order valence-electron chi connectivity index (χ1n) is 6.53. The van der Waals surface area contributed by atoms with Gasteiger partial charge in [-0.3, -0.25) is 4.79 Å². The van der Waals surface area contributed by atoms with Crippen LogP contribution in [0.15, 0.2) is 66.4 Å². The summed E-state index contributed by atoms with van der Waals surface area (Å²) in [7, 11) is 1.60. The summed E-state index contributed by atoms with van der Waals surface area (Å²) in [5.74, 6) is 1.22. The van der Waals surface area contributed by atoms with E-state index in [0.29, 0.717) is 17.0 Å². The zero-order chi connectivity index (χ0) is 15.1. The summed E-state index contributed by atoms with van der Waals surface area (Å²) in [6.07, 6.45) is 1.44. The molecule has 0 spiro atoms. The van der Waals surface area contributed by atoms with Gasteiger partial charge in [-0.1, -0.05) is 18.2 Å². The number of nitrogens with one attached hydrogen (secondary N) is 1. The lowest BCUT2D eigenvalue weighted by atomic mass is 10.2. The summed E-state index contributed by atoms with van der Waals surface area (Å²) in [5, 5.41) is 2.79. The van der Waals surface area contributed by atoms with Gasteiger partial charge in [0.15, 0.2) is 0 Å². The molecule has 0 aliphatic carbocycles. The third-order valence-corrected chi connectivity index (χ3v) is 2.82. The maximum Gasteiger partial charge on any atom is 0.254 e. The molecule has 0 heterocycles. The van der Waals surface area contributed by atoms with E-state index in [1.807, 2.05) is 30.3 Å². The molecule has 2 rings (SSSR count). The van der Waals surface area contributed by atoms with E-state index in [1.54, 1.807) is 38.3 Å². The van der Waals surface area contributed by atoms with Gasteiger partial charge in [-0.25, -0.2) is 0 Å². The first-order valence-corrected chi connectivity index (χ1v) is 6.53. The number of benzene rings is 2. The Morgan fingerprint density at radius 1 is 1.00 bits per heavy atom. The van der Waals surface area contributed by atoms with Gasteiger partial charge >= 0.3 is 0 Å². The lowest BCUT2D eigenvalue weighted by molar-refractivity contribution is -0.112. The second-order valence-electron chi connectivity index (χ2n) is 4.41. The molecule has 1 N–H and O–H groups in total. The molecule has 0 aliphatic rings. The molecule has 4 heteroatoms. The predicted molar refractivity (Wildman–Crippen MR) is 82.5 cm³/mol. The first-order chi connectivity index (χ1) is 10.2. The summed E-state index contributed by atoms with van der Waals surface area (Å²) in [4.78, 5) is 12.0. The van der Waals surface area contributed by atoms with Crippen LogP contribution in [0, 0.1) is 0 Å². The second kappa shape index (κ2) is 7.14. The number of rotatable bonds is 5. The van der Waals surface area contributed by atoms with E-state index in [0.717, 1.165) is 5.75 Å². The van der Waals surface area contributed by atoms with Crippen LogP contribution in [0.1, 0.15) is 6.92 Å². The van der Waals surface area contributed by atoms with Crippen molar-refractivity contribution in [3.63, 3.8) is 0 Å². The molecule has 0 saturated heterocycles. The molecule has 2 aromatic rings. The zero-order valence-electron chi connectivity index (χ0n) is 12.0. The van der Waals surface area contributed by atoms with E-state index in [2.05, 4.69) is 5.32 Å². The normalized spacial score (nSPS) is 10.9. The van der Waals surface area contributed by atoms with E-state index in [1.165, 1.54) is 6.26 Å². The third kappa shape index (κ3) is 4.38. The van der Waals surface area contributed by atoms with Crippen molar-refractivity contribution >= 4 is 11.6 Å². The summed E-state index contributed by atoms with van der Waals surface area (Å²) in [6.45, 7) is 1.70. The van der Waals surface area contributed by atoms with Gasteiger partial charge in [-0.2, -0.15) is 0 Å². The average molecular weight is 283 g/mol. The number of hydrogen-bond donors (Lipinski definition) is 1. The molecule has 0 radical (unpaired) electrons. The van der Waals surface area contributed by atoms with Crippen molar-refractivity contribution in [3.05, 3.63) is 66.4 Å². The van der Waals surface area contributed by atoms with Crippen molar-refractivity contribution in [1.82, 2.24) is 0 Å². The fourth-order valence-electron chi connectivity index (χ4n) is 1.61. The van der Waals surface area contributed by atoms with Crippen molar-refractivity contribution in [2.75, 3.05) is 12.4 Å². The molecule has 0 saturated carbocycles. The van der Waals surface area contributed by atoms with Gasteiger partial charge in [-0.05, 0) is 43.3 Å². The van der Waals surface area contributed by atoms with Crippen molar-refractivity contribution < 1.29 is 14.3 Å². The van der Waals surface area contributed by atoms with Gasteiger partial charge in [0.2, 0.25) is 0 Å². The van der Waals surface area contributed by atoms with Crippen LogP contribution in [0.25, 0.3) is 0 Å². The smallest absolute Gasteiger partial charge is 0.254 e. The third-order valence-electron chi connectivity index (χ3n) is 2.82. The minimum absolute atomic E-state index is 0.212. The van der Waals surface area contributed by atoms with E-state index < -0.39 is 0 Å². The largest absolute Gasteiger partial charge is 0.497 e. The highest BCUT2D eigenvalue weighted by Gasteiger charge is 2.05. The van der Waals surface area contributed by atoms with Gasteiger partial charge in [0, 0.05) is 11.3 Å². The van der Waals surface area contributed by atoms with Crippen LogP contribution in [0.3, 0.4) is 0 Å². The van der Waals surface area contributed by atoms with E-state index in [9.17, 15) is 4.79 Å². The Hall–Kier alpha value is -2.75. The molecule has 21 heavy (non-hydrogen) atoms. The molecule has 0 bridgehead atoms. The van der Waals surface area contributed by atoms with Crippen molar-refractivity contribution in [1.29, 1.82) is 0 Å². The van der Waals surface area contributed by atoms with Crippen molar-refractivity contribution in [2.24, 2.45) is 0 Å². The number of methoxy groups -OCH3 is 1. The summed E-state index contributed by atoms with van der Waals surface area (Å²) < 4.78 is 10.5. The average Bonchev–Trinajstić information content (AvgIpc) is 2.54. The maximum atomic E-state index is 12.0.